The SMILES string of the molecule is CC(C)c1ccccc1NC(=O)CCN1C(=O)[C@H]2CC=CC[C@H]2C1=O. The number of para-hydroxylation sites is 1. The van der Waals surface area contributed by atoms with Gasteiger partial charge in [0.15, 0.2) is 0 Å². The van der Waals surface area contributed by atoms with E-state index in [-0.39, 0.29) is 42.5 Å². The molecule has 1 aromatic rings. The lowest BCUT2D eigenvalue weighted by Gasteiger charge is -2.16. The lowest BCUT2D eigenvalue weighted by molar-refractivity contribution is -0.140. The summed E-state index contributed by atoms with van der Waals surface area (Å²) in [7, 11) is 0. The number of hydrogen-bond acceptors (Lipinski definition) is 3. The van der Waals surface area contributed by atoms with Crippen molar-refractivity contribution < 1.29 is 14.4 Å². The second-order valence-electron chi connectivity index (χ2n) is 7.02. The monoisotopic (exact) mass is 340 g/mol. The fourth-order valence-corrected chi connectivity index (χ4v) is 3.63. The van der Waals surface area contributed by atoms with E-state index in [1.165, 1.54) is 4.90 Å². The summed E-state index contributed by atoms with van der Waals surface area (Å²) in [4.78, 5) is 38.4. The molecule has 1 fully saturated rings. The van der Waals surface area contributed by atoms with Gasteiger partial charge in [-0.1, -0.05) is 44.2 Å². The van der Waals surface area contributed by atoms with Gasteiger partial charge in [0.2, 0.25) is 17.7 Å². The van der Waals surface area contributed by atoms with Crippen LogP contribution in [0.2, 0.25) is 0 Å². The average Bonchev–Trinajstić information content (AvgIpc) is 2.85. The Bertz CT molecular complexity index is 697. The van der Waals surface area contributed by atoms with Crippen molar-refractivity contribution in [1.29, 1.82) is 0 Å². The number of fused-ring (bicyclic) bond motifs is 1. The molecule has 5 heteroatoms. The third kappa shape index (κ3) is 3.50. The maximum absolute atomic E-state index is 12.4. The third-order valence-corrected chi connectivity index (χ3v) is 5.02. The molecule has 1 aliphatic heterocycles. The molecule has 5 nitrogen and oxygen atoms in total. The van der Waals surface area contributed by atoms with E-state index in [0.717, 1.165) is 11.3 Å². The van der Waals surface area contributed by atoms with Gasteiger partial charge in [-0.15, -0.1) is 0 Å². The van der Waals surface area contributed by atoms with E-state index in [2.05, 4.69) is 19.2 Å². The van der Waals surface area contributed by atoms with Gasteiger partial charge in [-0.05, 0) is 30.4 Å². The summed E-state index contributed by atoms with van der Waals surface area (Å²) < 4.78 is 0. The van der Waals surface area contributed by atoms with Crippen LogP contribution in [0.3, 0.4) is 0 Å². The van der Waals surface area contributed by atoms with Gasteiger partial charge < -0.3 is 5.32 Å². The predicted molar refractivity (Wildman–Crippen MR) is 95.9 cm³/mol. The van der Waals surface area contributed by atoms with Gasteiger partial charge in [-0.25, -0.2) is 0 Å². The summed E-state index contributed by atoms with van der Waals surface area (Å²) in [5.74, 6) is -0.607. The fourth-order valence-electron chi connectivity index (χ4n) is 3.63. The molecule has 2 atom stereocenters. The van der Waals surface area contributed by atoms with Gasteiger partial charge in [0.25, 0.3) is 0 Å². The first-order chi connectivity index (χ1) is 12.0. The number of anilines is 1. The number of rotatable bonds is 5. The van der Waals surface area contributed by atoms with Crippen LogP contribution in [0, 0.1) is 11.8 Å². The largest absolute Gasteiger partial charge is 0.326 e. The lowest BCUT2D eigenvalue weighted by atomic mass is 9.85. The topological polar surface area (TPSA) is 66.5 Å². The van der Waals surface area contributed by atoms with Gasteiger partial charge in [-0.3, -0.25) is 19.3 Å². The normalized spacial score (nSPS) is 22.4. The Kier molecular flexibility index (Phi) is 5.02. The maximum atomic E-state index is 12.4. The van der Waals surface area contributed by atoms with Crippen molar-refractivity contribution in [3.05, 3.63) is 42.0 Å². The number of carbonyl (C=O) groups is 3. The second-order valence-corrected chi connectivity index (χ2v) is 7.02. The standard InChI is InChI=1S/C20H24N2O3/c1-13(2)14-7-5-6-10-17(14)21-18(23)11-12-22-19(24)15-8-3-4-9-16(15)20(22)25/h3-7,10,13,15-16H,8-9,11-12H2,1-2H3,(H,21,23)/t15-,16+. The Balaban J connectivity index is 1.60. The van der Waals surface area contributed by atoms with Crippen LogP contribution in [-0.4, -0.2) is 29.2 Å². The molecule has 0 radical (unpaired) electrons. The fraction of sp³-hybridized carbons (Fsp3) is 0.450. The first-order valence-electron chi connectivity index (χ1n) is 8.88. The first kappa shape index (κ1) is 17.4. The molecule has 3 amide bonds. The van der Waals surface area contributed by atoms with Crippen molar-refractivity contribution in [2.75, 3.05) is 11.9 Å². The van der Waals surface area contributed by atoms with Crippen molar-refractivity contribution in [2.45, 2.75) is 39.0 Å². The number of imide groups is 1. The van der Waals surface area contributed by atoms with E-state index in [1.54, 1.807) is 0 Å². The quantitative estimate of drug-likeness (QED) is 0.662. The van der Waals surface area contributed by atoms with Crippen LogP contribution in [0.15, 0.2) is 36.4 Å². The molecule has 1 N–H and O–H groups in total. The summed E-state index contributed by atoms with van der Waals surface area (Å²) in [5.41, 5.74) is 1.86. The molecule has 132 valence electrons. The van der Waals surface area contributed by atoms with Gasteiger partial charge in [-0.2, -0.15) is 0 Å². The molecule has 0 aromatic heterocycles. The van der Waals surface area contributed by atoms with Crippen molar-refractivity contribution in [3.8, 4) is 0 Å². The van der Waals surface area contributed by atoms with Crippen molar-refractivity contribution >= 4 is 23.4 Å². The number of nitrogens with zero attached hydrogens (tertiary/aromatic N) is 1. The minimum atomic E-state index is -0.234. The highest BCUT2D eigenvalue weighted by Crippen LogP contribution is 2.35. The Labute approximate surface area is 148 Å². The summed E-state index contributed by atoms with van der Waals surface area (Å²) in [6.45, 7) is 4.30. The highest BCUT2D eigenvalue weighted by atomic mass is 16.2. The predicted octanol–water partition coefficient (Wildman–Crippen LogP) is 3.09. The van der Waals surface area contributed by atoms with Crippen LogP contribution < -0.4 is 5.32 Å². The average molecular weight is 340 g/mol. The van der Waals surface area contributed by atoms with E-state index >= 15 is 0 Å². The van der Waals surface area contributed by atoms with Gasteiger partial charge in [0, 0.05) is 18.7 Å². The van der Waals surface area contributed by atoms with Gasteiger partial charge >= 0.3 is 0 Å². The highest BCUT2D eigenvalue weighted by molar-refractivity contribution is 6.05. The summed E-state index contributed by atoms with van der Waals surface area (Å²) in [5, 5.41) is 2.91. The Morgan fingerprint density at radius 3 is 2.32 bits per heavy atom. The number of hydrogen-bond donors (Lipinski definition) is 1. The molecule has 0 unspecified atom stereocenters. The van der Waals surface area contributed by atoms with E-state index in [4.69, 9.17) is 0 Å². The molecule has 1 saturated heterocycles. The number of benzene rings is 1. The molecule has 1 aliphatic carbocycles. The molecule has 1 heterocycles. The summed E-state index contributed by atoms with van der Waals surface area (Å²) in [6.07, 6.45) is 5.30. The van der Waals surface area contributed by atoms with Crippen LogP contribution in [0.1, 0.15) is 44.6 Å². The van der Waals surface area contributed by atoms with Gasteiger partial charge in [0.1, 0.15) is 0 Å². The number of carbonyl (C=O) groups excluding carboxylic acids is 3. The lowest BCUT2D eigenvalue weighted by Crippen LogP contribution is -2.34. The van der Waals surface area contributed by atoms with E-state index in [9.17, 15) is 14.4 Å². The molecular weight excluding hydrogens is 316 g/mol. The van der Waals surface area contributed by atoms with Crippen molar-refractivity contribution in [1.82, 2.24) is 4.90 Å². The molecule has 2 aliphatic rings. The molecular formula is C20H24N2O3. The van der Waals surface area contributed by atoms with Crippen LogP contribution in [-0.2, 0) is 14.4 Å². The number of amides is 3. The van der Waals surface area contributed by atoms with E-state index in [1.807, 2.05) is 36.4 Å². The Morgan fingerprint density at radius 1 is 1.12 bits per heavy atom. The molecule has 25 heavy (non-hydrogen) atoms. The van der Waals surface area contributed by atoms with E-state index in [0.29, 0.717) is 18.8 Å². The van der Waals surface area contributed by atoms with Crippen LogP contribution in [0.5, 0.6) is 0 Å². The van der Waals surface area contributed by atoms with Crippen molar-refractivity contribution in [2.24, 2.45) is 11.8 Å². The minimum Gasteiger partial charge on any atom is -0.326 e. The Morgan fingerprint density at radius 2 is 1.72 bits per heavy atom. The molecule has 0 saturated carbocycles. The van der Waals surface area contributed by atoms with Crippen LogP contribution in [0.25, 0.3) is 0 Å². The zero-order valence-corrected chi connectivity index (χ0v) is 14.7. The highest BCUT2D eigenvalue weighted by Gasteiger charge is 2.46. The van der Waals surface area contributed by atoms with E-state index < -0.39 is 0 Å². The first-order valence-corrected chi connectivity index (χ1v) is 8.88. The maximum Gasteiger partial charge on any atom is 0.233 e. The molecule has 0 spiro atoms. The number of nitrogens with one attached hydrogen (secondary N) is 1. The number of likely N-dealkylation sites (tertiary alicyclic amines) is 1. The smallest absolute Gasteiger partial charge is 0.233 e. The summed E-state index contributed by atoms with van der Waals surface area (Å²) in [6, 6.07) is 7.69. The van der Waals surface area contributed by atoms with Crippen LogP contribution in [0.4, 0.5) is 5.69 Å². The van der Waals surface area contributed by atoms with Crippen LogP contribution >= 0.6 is 0 Å². The second kappa shape index (κ2) is 7.21. The van der Waals surface area contributed by atoms with Crippen molar-refractivity contribution in [3.63, 3.8) is 0 Å². The number of allylic oxidation sites excluding steroid dienone is 2. The molecule has 3 rings (SSSR count). The molecule has 0 bridgehead atoms. The third-order valence-electron chi connectivity index (χ3n) is 5.02. The van der Waals surface area contributed by atoms with Gasteiger partial charge in [0.05, 0.1) is 11.8 Å². The Hall–Kier alpha value is -2.43. The minimum absolute atomic E-state index is 0.122. The molecule has 1 aromatic carbocycles. The zero-order chi connectivity index (χ0) is 18.0. The zero-order valence-electron chi connectivity index (χ0n) is 14.7. The summed E-state index contributed by atoms with van der Waals surface area (Å²) >= 11 is 0.